The summed E-state index contributed by atoms with van der Waals surface area (Å²) >= 11 is 0. The lowest BCUT2D eigenvalue weighted by Crippen LogP contribution is -2.45. The summed E-state index contributed by atoms with van der Waals surface area (Å²) in [6.45, 7) is 5.22. The van der Waals surface area contributed by atoms with E-state index in [2.05, 4.69) is 10.3 Å². The van der Waals surface area contributed by atoms with E-state index in [4.69, 9.17) is 0 Å². The Hall–Kier alpha value is -1.85. The normalized spacial score (nSPS) is 26.2. The first-order valence-electron chi connectivity index (χ1n) is 8.51. The molecule has 2 amide bonds. The van der Waals surface area contributed by atoms with Gasteiger partial charge >= 0.3 is 0 Å². The smallest absolute Gasteiger partial charge is 0.225 e. The second-order valence-electron chi connectivity index (χ2n) is 7.11. The third-order valence-electron chi connectivity index (χ3n) is 5.53. The quantitative estimate of drug-likeness (QED) is 0.897. The van der Waals surface area contributed by atoms with Crippen LogP contribution in [0.25, 0.3) is 0 Å². The topological polar surface area (TPSA) is 67.2 Å². The largest absolute Gasteiger partial charge is 0.355 e. The van der Waals surface area contributed by atoms with Crippen LogP contribution in [0.15, 0.2) is 12.4 Å². The maximum atomic E-state index is 12.4. The second kappa shape index (κ2) is 5.98. The van der Waals surface area contributed by atoms with Crippen LogP contribution in [0.5, 0.6) is 0 Å². The maximum Gasteiger partial charge on any atom is 0.225 e. The van der Waals surface area contributed by atoms with Crippen molar-refractivity contribution in [1.82, 2.24) is 19.8 Å². The van der Waals surface area contributed by atoms with Crippen molar-refractivity contribution >= 4 is 11.8 Å². The molecule has 1 aliphatic heterocycles. The molecule has 2 aliphatic rings. The predicted molar refractivity (Wildman–Crippen MR) is 86.4 cm³/mol. The van der Waals surface area contributed by atoms with Gasteiger partial charge in [0.1, 0.15) is 5.82 Å². The second-order valence-corrected chi connectivity index (χ2v) is 7.11. The number of aromatic nitrogens is 2. The third-order valence-corrected chi connectivity index (χ3v) is 5.53. The van der Waals surface area contributed by atoms with Crippen LogP contribution in [-0.2, 0) is 16.6 Å². The lowest BCUT2D eigenvalue weighted by molar-refractivity contribution is -0.134. The fourth-order valence-corrected chi connectivity index (χ4v) is 3.80. The van der Waals surface area contributed by atoms with Gasteiger partial charge in [-0.15, -0.1) is 0 Å². The van der Waals surface area contributed by atoms with Crippen LogP contribution in [0, 0.1) is 11.3 Å². The number of hydrogen-bond acceptors (Lipinski definition) is 3. The van der Waals surface area contributed by atoms with E-state index in [0.717, 1.165) is 25.1 Å². The minimum absolute atomic E-state index is 0.0537. The summed E-state index contributed by atoms with van der Waals surface area (Å²) in [5.41, 5.74) is -0.203. The van der Waals surface area contributed by atoms with Crippen LogP contribution in [0.2, 0.25) is 0 Å². The molecule has 1 aliphatic carbocycles. The number of carbonyl (C=O) groups excluding carboxylic acids is 2. The Bertz CT molecular complexity index is 605. The monoisotopic (exact) mass is 318 g/mol. The van der Waals surface area contributed by atoms with E-state index in [1.54, 1.807) is 6.20 Å². The van der Waals surface area contributed by atoms with Crippen molar-refractivity contribution in [3.63, 3.8) is 0 Å². The molecule has 0 unspecified atom stereocenters. The fraction of sp³-hybridized carbons (Fsp3) is 0.706. The first kappa shape index (κ1) is 16.0. The molecule has 0 aromatic carbocycles. The van der Waals surface area contributed by atoms with Crippen molar-refractivity contribution < 1.29 is 9.59 Å². The highest BCUT2D eigenvalue weighted by Crippen LogP contribution is 2.41. The van der Waals surface area contributed by atoms with Gasteiger partial charge in [-0.3, -0.25) is 9.59 Å². The Balaban J connectivity index is 1.73. The Morgan fingerprint density at radius 2 is 2.22 bits per heavy atom. The molecule has 6 heteroatoms. The van der Waals surface area contributed by atoms with Gasteiger partial charge in [0, 0.05) is 50.3 Å². The molecule has 1 aromatic heterocycles. The number of hydrogen-bond donors (Lipinski definition) is 1. The molecule has 3 rings (SSSR count). The molecule has 2 heterocycles. The summed E-state index contributed by atoms with van der Waals surface area (Å²) in [4.78, 5) is 31.0. The zero-order valence-electron chi connectivity index (χ0n) is 14.2. The first-order valence-corrected chi connectivity index (χ1v) is 8.51. The number of amides is 2. The minimum atomic E-state index is -0.203. The Labute approximate surface area is 137 Å². The average Bonchev–Trinajstić information content (AvgIpc) is 3.04. The highest BCUT2D eigenvalue weighted by atomic mass is 16.2. The van der Waals surface area contributed by atoms with Crippen LogP contribution in [0.3, 0.4) is 0 Å². The zero-order chi connectivity index (χ0) is 16.6. The highest BCUT2D eigenvalue weighted by molar-refractivity contribution is 5.83. The molecular weight excluding hydrogens is 292 g/mol. The number of imidazole rings is 1. The molecular formula is C17H26N4O2. The van der Waals surface area contributed by atoms with E-state index < -0.39 is 0 Å². The van der Waals surface area contributed by atoms with Crippen LogP contribution < -0.4 is 5.32 Å². The standard InChI is InChI=1S/C17H26N4O2/c1-4-21-13(22)10-12(14(21)15-18-8-9-20(15)3)11-19-16(23)17(2)6-5-7-17/h8-9,12,14H,4-7,10-11H2,1-3H3,(H,19,23)/t12-,14+/m0/s1. The lowest BCUT2D eigenvalue weighted by atomic mass is 9.70. The van der Waals surface area contributed by atoms with Crippen LogP contribution >= 0.6 is 0 Å². The van der Waals surface area contributed by atoms with Gasteiger partial charge in [0.2, 0.25) is 11.8 Å². The van der Waals surface area contributed by atoms with Gasteiger partial charge in [-0.05, 0) is 19.8 Å². The zero-order valence-corrected chi connectivity index (χ0v) is 14.2. The summed E-state index contributed by atoms with van der Waals surface area (Å²) in [6, 6.07) is -0.0537. The molecule has 2 fully saturated rings. The van der Waals surface area contributed by atoms with Crippen molar-refractivity contribution in [2.24, 2.45) is 18.4 Å². The van der Waals surface area contributed by atoms with E-state index in [0.29, 0.717) is 19.5 Å². The van der Waals surface area contributed by atoms with Crippen molar-refractivity contribution in [3.8, 4) is 0 Å². The van der Waals surface area contributed by atoms with E-state index in [1.165, 1.54) is 0 Å². The number of carbonyl (C=O) groups is 2. The lowest BCUT2D eigenvalue weighted by Gasteiger charge is -2.37. The fourth-order valence-electron chi connectivity index (χ4n) is 3.80. The molecule has 6 nitrogen and oxygen atoms in total. The summed E-state index contributed by atoms with van der Waals surface area (Å²) in [7, 11) is 1.95. The SMILES string of the molecule is CCN1C(=O)C[C@@H](CNC(=O)C2(C)CCC2)[C@@H]1c1nccn1C. The van der Waals surface area contributed by atoms with Gasteiger partial charge in [-0.25, -0.2) is 4.98 Å². The molecule has 0 spiro atoms. The number of rotatable bonds is 5. The van der Waals surface area contributed by atoms with Crippen molar-refractivity contribution in [3.05, 3.63) is 18.2 Å². The molecule has 23 heavy (non-hydrogen) atoms. The third kappa shape index (κ3) is 2.75. The van der Waals surface area contributed by atoms with Gasteiger partial charge in [0.25, 0.3) is 0 Å². The first-order chi connectivity index (χ1) is 11.0. The minimum Gasteiger partial charge on any atom is -0.355 e. The van der Waals surface area contributed by atoms with E-state index in [-0.39, 0.29) is 29.2 Å². The van der Waals surface area contributed by atoms with Gasteiger partial charge < -0.3 is 14.8 Å². The van der Waals surface area contributed by atoms with Crippen LogP contribution in [0.4, 0.5) is 0 Å². The molecule has 1 saturated carbocycles. The molecule has 126 valence electrons. The summed E-state index contributed by atoms with van der Waals surface area (Å²) in [5, 5.41) is 3.09. The molecule has 0 bridgehead atoms. The molecule has 2 atom stereocenters. The van der Waals surface area contributed by atoms with Crippen molar-refractivity contribution in [2.45, 2.75) is 45.6 Å². The summed E-state index contributed by atoms with van der Waals surface area (Å²) < 4.78 is 1.97. The van der Waals surface area contributed by atoms with E-state index >= 15 is 0 Å². The number of likely N-dealkylation sites (tertiary alicyclic amines) is 1. The molecule has 0 radical (unpaired) electrons. The Morgan fingerprint density at radius 1 is 1.48 bits per heavy atom. The van der Waals surface area contributed by atoms with Gasteiger partial charge in [-0.1, -0.05) is 13.3 Å². The van der Waals surface area contributed by atoms with E-state index in [9.17, 15) is 9.59 Å². The molecule has 1 N–H and O–H groups in total. The predicted octanol–water partition coefficient (Wildman–Crippen LogP) is 1.64. The summed E-state index contributed by atoms with van der Waals surface area (Å²) in [5.74, 6) is 1.25. The van der Waals surface area contributed by atoms with E-state index in [1.807, 2.05) is 36.6 Å². The number of aryl methyl sites for hydroxylation is 1. The van der Waals surface area contributed by atoms with Crippen molar-refractivity contribution in [1.29, 1.82) is 0 Å². The Kier molecular flexibility index (Phi) is 4.17. The van der Waals surface area contributed by atoms with Crippen molar-refractivity contribution in [2.75, 3.05) is 13.1 Å². The number of nitrogens with zero attached hydrogens (tertiary/aromatic N) is 3. The summed E-state index contributed by atoms with van der Waals surface area (Å²) in [6.07, 6.45) is 7.19. The van der Waals surface area contributed by atoms with Gasteiger partial charge in [-0.2, -0.15) is 0 Å². The molecule has 1 saturated heterocycles. The Morgan fingerprint density at radius 3 is 2.74 bits per heavy atom. The molecule has 1 aromatic rings. The van der Waals surface area contributed by atoms with Gasteiger partial charge in [0.15, 0.2) is 0 Å². The average molecular weight is 318 g/mol. The highest BCUT2D eigenvalue weighted by Gasteiger charge is 2.43. The van der Waals surface area contributed by atoms with Crippen LogP contribution in [-0.4, -0.2) is 39.4 Å². The number of nitrogens with one attached hydrogen (secondary N) is 1. The van der Waals surface area contributed by atoms with Crippen LogP contribution in [0.1, 0.15) is 51.4 Å². The maximum absolute atomic E-state index is 12.4. The van der Waals surface area contributed by atoms with Gasteiger partial charge in [0.05, 0.1) is 6.04 Å².